The quantitative estimate of drug-likeness (QED) is 0.372. The Labute approximate surface area is 68.9 Å². The summed E-state index contributed by atoms with van der Waals surface area (Å²) >= 11 is 0.998. The Morgan fingerprint density at radius 2 is 1.91 bits per heavy atom. The van der Waals surface area contributed by atoms with E-state index in [0.717, 1.165) is 24.9 Å². The lowest BCUT2D eigenvalue weighted by molar-refractivity contribution is -0.777. The topological polar surface area (TPSA) is 41.5 Å². The first-order valence-corrected chi connectivity index (χ1v) is 4.39. The first kappa shape index (κ1) is 9.25. The maximum Gasteiger partial charge on any atom is 0.100 e. The fourth-order valence-corrected chi connectivity index (χ4v) is 1.80. The van der Waals surface area contributed by atoms with Crippen molar-refractivity contribution >= 4 is 12.0 Å². The molecule has 0 bridgehead atoms. The van der Waals surface area contributed by atoms with Gasteiger partial charge in [0.15, 0.2) is 0 Å². The highest BCUT2D eigenvalue weighted by atomic mass is 32.2. The van der Waals surface area contributed by atoms with Crippen molar-refractivity contribution in [3.05, 3.63) is 0 Å². The molecule has 3 nitrogen and oxygen atoms in total. The summed E-state index contributed by atoms with van der Waals surface area (Å²) in [6, 6.07) is 0. The molecule has 1 rings (SSSR count). The van der Waals surface area contributed by atoms with E-state index in [1.165, 1.54) is 0 Å². The van der Waals surface area contributed by atoms with E-state index < -0.39 is 6.17 Å². The monoisotopic (exact) mass is 181 g/mol. The van der Waals surface area contributed by atoms with Crippen LogP contribution in [0.5, 0.6) is 0 Å². The molecule has 0 atom stereocenters. The van der Waals surface area contributed by atoms with Crippen LogP contribution in [0.25, 0.3) is 0 Å². The molecule has 0 aromatic rings. The molecule has 0 aliphatic heterocycles. The first-order valence-electron chi connectivity index (χ1n) is 3.59. The molecule has 0 radical (unpaired) electrons. The zero-order chi connectivity index (χ0) is 8.10. The number of hydrogen-bond donors (Lipinski definition) is 0. The maximum absolute atomic E-state index is 12.5. The summed E-state index contributed by atoms with van der Waals surface area (Å²) in [5.74, 6) is 0. The minimum atomic E-state index is -0.667. The van der Waals surface area contributed by atoms with E-state index in [4.69, 9.17) is 0 Å². The molecule has 1 aliphatic carbocycles. The summed E-state index contributed by atoms with van der Waals surface area (Å²) in [5, 5.41) is 12.8. The molecule has 0 amide bonds. The van der Waals surface area contributed by atoms with Gasteiger partial charge in [0.25, 0.3) is 0 Å². The van der Waals surface area contributed by atoms with Gasteiger partial charge in [0.1, 0.15) is 6.17 Å². The summed E-state index contributed by atoms with van der Waals surface area (Å²) in [4.78, 5) is 0. The number of alkyl halides is 1. The molecule has 0 saturated heterocycles. The van der Waals surface area contributed by atoms with Crippen LogP contribution in [-0.4, -0.2) is 11.4 Å². The van der Waals surface area contributed by atoms with Crippen LogP contribution in [0.1, 0.15) is 25.7 Å². The molecule has 1 fully saturated rings. The summed E-state index contributed by atoms with van der Waals surface area (Å²) in [6.45, 7) is 0. The van der Waals surface area contributed by atoms with Crippen LogP contribution in [0, 0.1) is 0 Å². The third-order valence-corrected chi connectivity index (χ3v) is 2.68. The van der Waals surface area contributed by atoms with Gasteiger partial charge in [0.2, 0.25) is 0 Å². The maximum atomic E-state index is 12.5. The largest absolute Gasteiger partial charge is 0.691 e. The Morgan fingerprint density at radius 1 is 1.27 bits per heavy atom. The van der Waals surface area contributed by atoms with E-state index in [-0.39, 0.29) is 5.25 Å². The molecule has 0 spiro atoms. The van der Waals surface area contributed by atoms with Crippen LogP contribution in [-0.2, 0) is 9.37 Å². The van der Waals surface area contributed by atoms with Gasteiger partial charge in [-0.3, -0.25) is 5.04 Å². The Balaban J connectivity index is 2.07. The Morgan fingerprint density at radius 3 is 2.45 bits per heavy atom. The lowest BCUT2D eigenvalue weighted by Crippen LogP contribution is -2.17. The summed E-state index contributed by atoms with van der Waals surface area (Å²) in [7, 11) is 0. The van der Waals surface area contributed by atoms with Crippen molar-refractivity contribution in [2.24, 2.45) is 0 Å². The number of hydrogen-bond acceptors (Lipinski definition) is 4. The Kier molecular flexibility index (Phi) is 4.14. The number of rotatable bonds is 3. The van der Waals surface area contributed by atoms with Crippen molar-refractivity contribution in [3.63, 3.8) is 0 Å². The zero-order valence-electron chi connectivity index (χ0n) is 5.99. The molecule has 0 unspecified atom stereocenters. The fourth-order valence-electron chi connectivity index (χ4n) is 1.19. The lowest BCUT2D eigenvalue weighted by Gasteiger charge is -2.22. The average molecular weight is 181 g/mol. The highest BCUT2D eigenvalue weighted by molar-refractivity contribution is 7.95. The van der Waals surface area contributed by atoms with Crippen molar-refractivity contribution < 1.29 is 19.0 Å². The molecule has 0 aromatic carbocycles. The fraction of sp³-hybridized carbons (Fsp3) is 1.00. The van der Waals surface area contributed by atoms with Gasteiger partial charge < -0.3 is 5.26 Å². The van der Waals surface area contributed by atoms with Crippen LogP contribution < -0.4 is 5.26 Å². The molecule has 1 aliphatic rings. The van der Waals surface area contributed by atoms with Gasteiger partial charge in [-0.1, -0.05) is 0 Å². The predicted octanol–water partition coefficient (Wildman–Crippen LogP) is 1.14. The van der Waals surface area contributed by atoms with Crippen LogP contribution in [0.2, 0.25) is 0 Å². The second-order valence-electron chi connectivity index (χ2n) is 2.61. The van der Waals surface area contributed by atoms with Crippen molar-refractivity contribution in [2.45, 2.75) is 37.1 Å². The van der Waals surface area contributed by atoms with E-state index >= 15 is 0 Å². The molecule has 0 heterocycles. The average Bonchev–Trinajstić information content (AvgIpc) is 2.04. The van der Waals surface area contributed by atoms with E-state index in [0.29, 0.717) is 12.8 Å². The molecule has 66 valence electrons. The minimum Gasteiger partial charge on any atom is -0.691 e. The van der Waals surface area contributed by atoms with Gasteiger partial charge in [0, 0.05) is 17.3 Å². The van der Waals surface area contributed by atoms with E-state index in [1.54, 1.807) is 0 Å². The number of halogens is 1. The highest BCUT2D eigenvalue weighted by Crippen LogP contribution is 2.30. The molecule has 1 saturated carbocycles. The summed E-state index contributed by atoms with van der Waals surface area (Å²) in [5.41, 5.74) is 0. The molecular formula is C6H10FO3S-. The van der Waals surface area contributed by atoms with Crippen molar-refractivity contribution in [3.8, 4) is 0 Å². The minimum absolute atomic E-state index is 0.218. The standard InChI is InChI=1S/C6H11FO3S/c7-5-1-3-6(4-2-5)11-10-9-8/h5-6,8H,1-4H2/p-1. The second-order valence-corrected chi connectivity index (χ2v) is 3.60. The summed E-state index contributed by atoms with van der Waals surface area (Å²) in [6.07, 6.45) is 1.99. The first-order chi connectivity index (χ1) is 5.33. The van der Waals surface area contributed by atoms with E-state index in [9.17, 15) is 9.65 Å². The van der Waals surface area contributed by atoms with Crippen LogP contribution >= 0.6 is 12.0 Å². The van der Waals surface area contributed by atoms with Crippen LogP contribution in [0.15, 0.2) is 0 Å². The smallest absolute Gasteiger partial charge is 0.100 e. The highest BCUT2D eigenvalue weighted by Gasteiger charge is 2.21. The molecule has 5 heteroatoms. The van der Waals surface area contributed by atoms with E-state index in [2.05, 4.69) is 9.37 Å². The van der Waals surface area contributed by atoms with Gasteiger partial charge >= 0.3 is 0 Å². The van der Waals surface area contributed by atoms with Crippen molar-refractivity contribution in [1.82, 2.24) is 0 Å². The van der Waals surface area contributed by atoms with Crippen molar-refractivity contribution in [2.75, 3.05) is 0 Å². The molecular weight excluding hydrogens is 171 g/mol. The van der Waals surface area contributed by atoms with Crippen molar-refractivity contribution in [1.29, 1.82) is 0 Å². The third-order valence-electron chi connectivity index (χ3n) is 1.81. The summed E-state index contributed by atoms with van der Waals surface area (Å²) < 4.78 is 16.7. The molecule has 11 heavy (non-hydrogen) atoms. The molecule has 0 aromatic heterocycles. The zero-order valence-corrected chi connectivity index (χ0v) is 6.81. The van der Waals surface area contributed by atoms with Crippen LogP contribution in [0.3, 0.4) is 0 Å². The second kappa shape index (κ2) is 4.92. The normalized spacial score (nSPS) is 32.2. The third kappa shape index (κ3) is 3.37. The SMILES string of the molecule is [O-]OOSC1CCC(F)CC1. The van der Waals surface area contributed by atoms with Gasteiger partial charge in [-0.25, -0.2) is 4.39 Å². The van der Waals surface area contributed by atoms with Gasteiger partial charge in [-0.2, -0.15) is 4.33 Å². The molecule has 0 N–H and O–H groups in total. The van der Waals surface area contributed by atoms with Gasteiger partial charge in [0.05, 0.1) is 0 Å². The van der Waals surface area contributed by atoms with Gasteiger partial charge in [-0.05, 0) is 25.7 Å². The lowest BCUT2D eigenvalue weighted by atomic mass is 9.99. The van der Waals surface area contributed by atoms with E-state index in [1.807, 2.05) is 0 Å². The van der Waals surface area contributed by atoms with Crippen LogP contribution in [0.4, 0.5) is 4.39 Å². The predicted molar refractivity (Wildman–Crippen MR) is 36.9 cm³/mol. The Bertz CT molecular complexity index is 103. The Hall–Kier alpha value is 0.160. The van der Waals surface area contributed by atoms with Gasteiger partial charge in [-0.15, -0.1) is 0 Å².